The van der Waals surface area contributed by atoms with Gasteiger partial charge >= 0.3 is 5.97 Å². The summed E-state index contributed by atoms with van der Waals surface area (Å²) in [7, 11) is 0. The summed E-state index contributed by atoms with van der Waals surface area (Å²) < 4.78 is 5.14. The third-order valence-electron chi connectivity index (χ3n) is 4.13. The van der Waals surface area contributed by atoms with Crippen LogP contribution in [-0.2, 0) is 14.3 Å². The normalized spacial score (nSPS) is 14.8. The first-order chi connectivity index (χ1) is 14.8. The first kappa shape index (κ1) is 22.8. The predicted molar refractivity (Wildman–Crippen MR) is 124 cm³/mol. The van der Waals surface area contributed by atoms with Crippen LogP contribution in [0.1, 0.15) is 22.8 Å². The first-order valence-corrected chi connectivity index (χ1v) is 10.7. The second kappa shape index (κ2) is 9.95. The third kappa shape index (κ3) is 5.63. The number of nitrogens with one attached hydrogen (secondary N) is 1. The highest BCUT2D eigenvalue weighted by Gasteiger charge is 2.33. The van der Waals surface area contributed by atoms with E-state index in [4.69, 9.17) is 28.6 Å². The minimum Gasteiger partial charge on any atom is -0.507 e. The summed E-state index contributed by atoms with van der Waals surface area (Å²) in [5, 5.41) is 13.0. The molecule has 2 aromatic carbocycles. The molecule has 10 heteroatoms. The largest absolute Gasteiger partial charge is 0.507 e. The lowest BCUT2D eigenvalue weighted by Gasteiger charge is -2.14. The van der Waals surface area contributed by atoms with E-state index in [-0.39, 0.29) is 28.1 Å². The van der Waals surface area contributed by atoms with Gasteiger partial charge in [0.2, 0.25) is 5.91 Å². The molecule has 0 unspecified atom stereocenters. The van der Waals surface area contributed by atoms with Crippen LogP contribution in [0.25, 0.3) is 6.08 Å². The zero-order chi connectivity index (χ0) is 22.5. The number of rotatable bonds is 6. The Hall–Kier alpha value is -2.88. The number of thiocarbonyl (C=S) groups is 1. The Morgan fingerprint density at radius 2 is 1.97 bits per heavy atom. The first-order valence-electron chi connectivity index (χ1n) is 9.09. The summed E-state index contributed by atoms with van der Waals surface area (Å²) >= 11 is 12.2. The Kier molecular flexibility index (Phi) is 7.32. The number of carbonyl (C=O) groups excluding carboxylic acids is 3. The van der Waals surface area contributed by atoms with Crippen molar-refractivity contribution in [1.29, 1.82) is 0 Å². The summed E-state index contributed by atoms with van der Waals surface area (Å²) in [5.41, 5.74) is 1.20. The zero-order valence-electron chi connectivity index (χ0n) is 16.3. The highest BCUT2D eigenvalue weighted by atomic mass is 35.5. The molecule has 1 aliphatic heterocycles. The van der Waals surface area contributed by atoms with Crippen molar-refractivity contribution >= 4 is 69.4 Å². The standard InChI is InChI=1S/C21H17ClN2O5S2/c1-2-29-20(28)12-3-6-15(7-4-12)23-18(26)11-24-19(27)17(31-21(24)30)10-13-9-14(22)5-8-16(13)25/h3-10,25H,2,11H2,1H3,(H,23,26)/b17-10-. The molecule has 0 spiro atoms. The van der Waals surface area contributed by atoms with Gasteiger partial charge in [-0.15, -0.1) is 0 Å². The number of hydrogen-bond donors (Lipinski definition) is 2. The van der Waals surface area contributed by atoms with Gasteiger partial charge < -0.3 is 15.2 Å². The fourth-order valence-corrected chi connectivity index (χ4v) is 4.09. The van der Waals surface area contributed by atoms with E-state index >= 15 is 0 Å². The lowest BCUT2D eigenvalue weighted by atomic mass is 10.2. The molecule has 0 aliphatic carbocycles. The van der Waals surface area contributed by atoms with Crippen molar-refractivity contribution in [3.8, 4) is 5.75 Å². The molecule has 0 bridgehead atoms. The highest BCUT2D eigenvalue weighted by molar-refractivity contribution is 8.26. The summed E-state index contributed by atoms with van der Waals surface area (Å²) in [6.45, 7) is 1.71. The number of halogens is 1. The number of phenolic OH excluding ortho intramolecular Hbond substituents is 1. The Labute approximate surface area is 193 Å². The number of aromatic hydroxyl groups is 1. The maximum atomic E-state index is 12.7. The second-order valence-corrected chi connectivity index (χ2v) is 8.43. The fraction of sp³-hybridized carbons (Fsp3) is 0.143. The number of thioether (sulfide) groups is 1. The average Bonchev–Trinajstić information content (AvgIpc) is 2.99. The van der Waals surface area contributed by atoms with Crippen molar-refractivity contribution in [1.82, 2.24) is 4.90 Å². The molecule has 31 heavy (non-hydrogen) atoms. The van der Waals surface area contributed by atoms with Crippen molar-refractivity contribution in [3.63, 3.8) is 0 Å². The Balaban J connectivity index is 1.66. The van der Waals surface area contributed by atoms with Gasteiger partial charge in [-0.3, -0.25) is 14.5 Å². The number of esters is 1. The lowest BCUT2D eigenvalue weighted by molar-refractivity contribution is -0.126. The van der Waals surface area contributed by atoms with Crippen LogP contribution in [0.3, 0.4) is 0 Å². The van der Waals surface area contributed by atoms with E-state index in [2.05, 4.69) is 5.32 Å². The Morgan fingerprint density at radius 3 is 2.65 bits per heavy atom. The van der Waals surface area contributed by atoms with E-state index in [1.165, 1.54) is 41.3 Å². The third-order valence-corrected chi connectivity index (χ3v) is 5.74. The molecule has 0 aromatic heterocycles. The van der Waals surface area contributed by atoms with Gasteiger partial charge in [0.15, 0.2) is 0 Å². The zero-order valence-corrected chi connectivity index (χ0v) is 18.6. The molecule has 2 aromatic rings. The molecule has 0 saturated carbocycles. The number of carbonyl (C=O) groups is 3. The van der Waals surface area contributed by atoms with Gasteiger partial charge in [0.1, 0.15) is 16.6 Å². The number of hydrogen-bond acceptors (Lipinski definition) is 7. The number of benzene rings is 2. The van der Waals surface area contributed by atoms with E-state index in [0.29, 0.717) is 21.8 Å². The van der Waals surface area contributed by atoms with Crippen molar-refractivity contribution in [2.24, 2.45) is 0 Å². The lowest BCUT2D eigenvalue weighted by Crippen LogP contribution is -2.36. The molecule has 2 N–H and O–H groups in total. The summed E-state index contributed by atoms with van der Waals surface area (Å²) in [4.78, 5) is 38.2. The number of anilines is 1. The maximum Gasteiger partial charge on any atom is 0.338 e. The average molecular weight is 477 g/mol. The SMILES string of the molecule is CCOC(=O)c1ccc(NC(=O)CN2C(=O)/C(=C/c3cc(Cl)ccc3O)SC2=S)cc1. The summed E-state index contributed by atoms with van der Waals surface area (Å²) in [6, 6.07) is 10.7. The molecule has 160 valence electrons. The Morgan fingerprint density at radius 1 is 1.26 bits per heavy atom. The van der Waals surface area contributed by atoms with Crippen LogP contribution >= 0.6 is 35.6 Å². The molecule has 7 nitrogen and oxygen atoms in total. The van der Waals surface area contributed by atoms with Gasteiger partial charge in [-0.2, -0.15) is 0 Å². The quantitative estimate of drug-likeness (QED) is 0.368. The van der Waals surface area contributed by atoms with E-state index in [1.807, 2.05) is 0 Å². The highest BCUT2D eigenvalue weighted by Crippen LogP contribution is 2.34. The van der Waals surface area contributed by atoms with Crippen LogP contribution in [-0.4, -0.2) is 45.3 Å². The van der Waals surface area contributed by atoms with Gasteiger partial charge in [0, 0.05) is 16.3 Å². The number of amides is 2. The number of phenols is 1. The van der Waals surface area contributed by atoms with Crippen molar-refractivity contribution < 1.29 is 24.2 Å². The monoisotopic (exact) mass is 476 g/mol. The number of nitrogens with zero attached hydrogens (tertiary/aromatic N) is 1. The molecule has 1 fully saturated rings. The molecule has 1 heterocycles. The van der Waals surface area contributed by atoms with Crippen LogP contribution < -0.4 is 5.32 Å². The Bertz CT molecular complexity index is 1090. The van der Waals surface area contributed by atoms with E-state index in [1.54, 1.807) is 19.1 Å². The van der Waals surface area contributed by atoms with Crippen LogP contribution in [0.4, 0.5) is 5.69 Å². The van der Waals surface area contributed by atoms with E-state index in [0.717, 1.165) is 11.8 Å². The summed E-state index contributed by atoms with van der Waals surface area (Å²) in [6.07, 6.45) is 1.48. The minimum absolute atomic E-state index is 0.0290. The fourth-order valence-electron chi connectivity index (χ4n) is 2.67. The molecule has 2 amide bonds. The molecule has 3 rings (SSSR count). The van der Waals surface area contributed by atoms with Crippen LogP contribution in [0, 0.1) is 0 Å². The molecule has 1 aliphatic rings. The predicted octanol–water partition coefficient (Wildman–Crippen LogP) is 4.06. The van der Waals surface area contributed by atoms with Gasteiger partial charge in [-0.25, -0.2) is 4.79 Å². The van der Waals surface area contributed by atoms with Gasteiger partial charge in [-0.05, 0) is 55.5 Å². The van der Waals surface area contributed by atoms with Gasteiger partial charge in [0.05, 0.1) is 17.1 Å². The van der Waals surface area contributed by atoms with Crippen molar-refractivity contribution in [2.45, 2.75) is 6.92 Å². The second-order valence-electron chi connectivity index (χ2n) is 6.32. The van der Waals surface area contributed by atoms with Crippen LogP contribution in [0.15, 0.2) is 47.4 Å². The summed E-state index contributed by atoms with van der Waals surface area (Å²) in [5.74, 6) is -1.37. The van der Waals surface area contributed by atoms with Crippen molar-refractivity contribution in [3.05, 3.63) is 63.5 Å². The smallest absolute Gasteiger partial charge is 0.338 e. The number of ether oxygens (including phenoxy) is 1. The van der Waals surface area contributed by atoms with Crippen molar-refractivity contribution in [2.75, 3.05) is 18.5 Å². The maximum absolute atomic E-state index is 12.7. The molecule has 0 radical (unpaired) electrons. The van der Waals surface area contributed by atoms with Gasteiger partial charge in [-0.1, -0.05) is 35.6 Å². The van der Waals surface area contributed by atoms with Crippen LogP contribution in [0.2, 0.25) is 5.02 Å². The topological polar surface area (TPSA) is 95.9 Å². The molecular weight excluding hydrogens is 460 g/mol. The molecular formula is C21H17ClN2O5S2. The minimum atomic E-state index is -0.452. The van der Waals surface area contributed by atoms with Crippen LogP contribution in [0.5, 0.6) is 5.75 Å². The molecule has 0 atom stereocenters. The van der Waals surface area contributed by atoms with Gasteiger partial charge in [0.25, 0.3) is 5.91 Å². The van der Waals surface area contributed by atoms with E-state index < -0.39 is 17.8 Å². The van der Waals surface area contributed by atoms with E-state index in [9.17, 15) is 19.5 Å². The molecule has 1 saturated heterocycles.